The third kappa shape index (κ3) is 2.22. The summed E-state index contributed by atoms with van der Waals surface area (Å²) in [6, 6.07) is 5.92. The number of anilines is 1. The summed E-state index contributed by atoms with van der Waals surface area (Å²) in [7, 11) is 0. The first-order chi connectivity index (χ1) is 6.79. The van der Waals surface area contributed by atoms with Gasteiger partial charge in [-0.05, 0) is 12.1 Å². The normalized spacial score (nSPS) is 8.79. The largest absolute Gasteiger partial charge is 0.265 e. The molecule has 0 aliphatic rings. The monoisotopic (exact) mass is 190 g/mol. The molecule has 0 saturated carbocycles. The van der Waals surface area contributed by atoms with Gasteiger partial charge in [0.25, 0.3) is 0 Å². The van der Waals surface area contributed by atoms with E-state index >= 15 is 0 Å². The Balaban J connectivity index is 2.83. The molecule has 1 N–H and O–H groups in total. The zero-order valence-electron chi connectivity index (χ0n) is 7.25. The van der Waals surface area contributed by atoms with Gasteiger partial charge in [0.2, 0.25) is 0 Å². The number of hydrogen-bond acceptors (Lipinski definition) is 3. The molecule has 1 aromatic rings. The van der Waals surface area contributed by atoms with Crippen molar-refractivity contribution in [1.29, 1.82) is 5.26 Å². The molecule has 70 valence electrons. The molecule has 1 aromatic carbocycles. The second-order valence-corrected chi connectivity index (χ2v) is 2.37. The third-order valence-electron chi connectivity index (χ3n) is 1.46. The minimum absolute atomic E-state index is 0.0430. The van der Waals surface area contributed by atoms with Gasteiger partial charge >= 0.3 is 0 Å². The number of halogens is 1. The van der Waals surface area contributed by atoms with E-state index in [2.05, 4.69) is 11.4 Å². The molecule has 0 bridgehead atoms. The SMILES string of the molecule is C#CCONc1cccc(F)c1C#N. The maximum atomic E-state index is 13.0. The molecule has 0 aliphatic heterocycles. The average molecular weight is 190 g/mol. The molecule has 1 rings (SSSR count). The Morgan fingerprint density at radius 2 is 2.36 bits per heavy atom. The molecule has 0 atom stereocenters. The molecule has 0 radical (unpaired) electrons. The number of nitrogens with one attached hydrogen (secondary N) is 1. The molecule has 3 nitrogen and oxygen atoms in total. The van der Waals surface area contributed by atoms with Crippen molar-refractivity contribution in [3.8, 4) is 18.4 Å². The smallest absolute Gasteiger partial charge is 0.143 e. The van der Waals surface area contributed by atoms with Crippen LogP contribution in [0.2, 0.25) is 0 Å². The summed E-state index contributed by atoms with van der Waals surface area (Å²) in [4.78, 5) is 4.76. The van der Waals surface area contributed by atoms with Gasteiger partial charge in [-0.2, -0.15) is 5.26 Å². The molecular formula is C10H7FN2O. The highest BCUT2D eigenvalue weighted by atomic mass is 19.1. The first-order valence-corrected chi connectivity index (χ1v) is 3.79. The highest BCUT2D eigenvalue weighted by molar-refractivity contribution is 5.56. The molecular weight excluding hydrogens is 183 g/mol. The Kier molecular flexibility index (Phi) is 3.49. The molecule has 14 heavy (non-hydrogen) atoms. The Morgan fingerprint density at radius 3 is 3.00 bits per heavy atom. The van der Waals surface area contributed by atoms with Crippen LogP contribution < -0.4 is 5.48 Å². The van der Waals surface area contributed by atoms with Crippen molar-refractivity contribution in [2.75, 3.05) is 12.1 Å². The number of nitriles is 1. The summed E-state index contributed by atoms with van der Waals surface area (Å²) in [5.74, 6) is 1.63. The zero-order chi connectivity index (χ0) is 10.4. The lowest BCUT2D eigenvalue weighted by Crippen LogP contribution is -2.03. The van der Waals surface area contributed by atoms with Crippen LogP contribution in [0.25, 0.3) is 0 Å². The molecule has 0 heterocycles. The molecule has 0 aliphatic carbocycles. The predicted octanol–water partition coefficient (Wildman–Crippen LogP) is 1.67. The number of terminal acetylenes is 1. The van der Waals surface area contributed by atoms with E-state index in [0.717, 1.165) is 0 Å². The van der Waals surface area contributed by atoms with Crippen LogP contribution >= 0.6 is 0 Å². The van der Waals surface area contributed by atoms with Crippen molar-refractivity contribution in [1.82, 2.24) is 0 Å². The van der Waals surface area contributed by atoms with Crippen LogP contribution in [0.4, 0.5) is 10.1 Å². The van der Waals surface area contributed by atoms with Crippen LogP contribution in [0.15, 0.2) is 18.2 Å². The Labute approximate surface area is 81.1 Å². The van der Waals surface area contributed by atoms with E-state index in [1.165, 1.54) is 18.2 Å². The van der Waals surface area contributed by atoms with E-state index in [-0.39, 0.29) is 17.9 Å². The summed E-state index contributed by atoms with van der Waals surface area (Å²) in [6.07, 6.45) is 4.94. The molecule has 4 heteroatoms. The summed E-state index contributed by atoms with van der Waals surface area (Å²) in [6.45, 7) is 0.0430. The fourth-order valence-corrected chi connectivity index (χ4v) is 0.878. The van der Waals surface area contributed by atoms with Crippen molar-refractivity contribution in [3.05, 3.63) is 29.6 Å². The second kappa shape index (κ2) is 4.86. The summed E-state index contributed by atoms with van der Waals surface area (Å²) >= 11 is 0. The van der Waals surface area contributed by atoms with E-state index in [1.807, 2.05) is 0 Å². The van der Waals surface area contributed by atoms with Crippen molar-refractivity contribution in [3.63, 3.8) is 0 Å². The van der Waals surface area contributed by atoms with Gasteiger partial charge in [-0.1, -0.05) is 12.0 Å². The quantitative estimate of drug-likeness (QED) is 0.448. The van der Waals surface area contributed by atoms with Gasteiger partial charge in [-0.25, -0.2) is 4.39 Å². The van der Waals surface area contributed by atoms with E-state index in [9.17, 15) is 4.39 Å². The van der Waals surface area contributed by atoms with Gasteiger partial charge in [0, 0.05) is 0 Å². The van der Waals surface area contributed by atoms with Crippen molar-refractivity contribution in [2.45, 2.75) is 0 Å². The van der Waals surface area contributed by atoms with Crippen LogP contribution in [0.5, 0.6) is 0 Å². The summed E-state index contributed by atoms with van der Waals surface area (Å²) in [5, 5.41) is 8.63. The lowest BCUT2D eigenvalue weighted by molar-refractivity contribution is 0.234. The van der Waals surface area contributed by atoms with E-state index < -0.39 is 5.82 Å². The average Bonchev–Trinajstić information content (AvgIpc) is 2.18. The number of benzene rings is 1. The van der Waals surface area contributed by atoms with Gasteiger partial charge in [0.1, 0.15) is 24.1 Å². The highest BCUT2D eigenvalue weighted by Crippen LogP contribution is 2.17. The minimum atomic E-state index is -0.596. The van der Waals surface area contributed by atoms with Gasteiger partial charge < -0.3 is 0 Å². The number of hydrogen-bond donors (Lipinski definition) is 1. The maximum Gasteiger partial charge on any atom is 0.143 e. The number of nitrogens with zero attached hydrogens (tertiary/aromatic N) is 1. The van der Waals surface area contributed by atoms with Gasteiger partial charge in [0.15, 0.2) is 0 Å². The molecule has 0 spiro atoms. The summed E-state index contributed by atoms with van der Waals surface area (Å²) in [5.41, 5.74) is 2.57. The Hall–Kier alpha value is -2.04. The van der Waals surface area contributed by atoms with Crippen molar-refractivity contribution >= 4 is 5.69 Å². The van der Waals surface area contributed by atoms with Gasteiger partial charge in [0.05, 0.1) is 5.69 Å². The third-order valence-corrected chi connectivity index (χ3v) is 1.46. The van der Waals surface area contributed by atoms with Gasteiger partial charge in [-0.15, -0.1) is 6.42 Å². The van der Waals surface area contributed by atoms with Crippen LogP contribution in [0, 0.1) is 29.5 Å². The van der Waals surface area contributed by atoms with Crippen LogP contribution in [-0.2, 0) is 4.84 Å². The van der Waals surface area contributed by atoms with Crippen LogP contribution in [0.1, 0.15) is 5.56 Å². The lowest BCUT2D eigenvalue weighted by atomic mass is 10.2. The molecule has 0 unspecified atom stereocenters. The number of rotatable bonds is 3. The second-order valence-electron chi connectivity index (χ2n) is 2.37. The van der Waals surface area contributed by atoms with Crippen LogP contribution in [0.3, 0.4) is 0 Å². The highest BCUT2D eigenvalue weighted by Gasteiger charge is 2.06. The fourth-order valence-electron chi connectivity index (χ4n) is 0.878. The predicted molar refractivity (Wildman–Crippen MR) is 49.5 cm³/mol. The van der Waals surface area contributed by atoms with E-state index in [4.69, 9.17) is 16.5 Å². The van der Waals surface area contributed by atoms with E-state index in [1.54, 1.807) is 6.07 Å². The summed E-state index contributed by atoms with van der Waals surface area (Å²) < 4.78 is 13.0. The first kappa shape index (κ1) is 10.0. The first-order valence-electron chi connectivity index (χ1n) is 3.79. The van der Waals surface area contributed by atoms with Crippen molar-refractivity contribution in [2.24, 2.45) is 0 Å². The van der Waals surface area contributed by atoms with Crippen molar-refractivity contribution < 1.29 is 9.23 Å². The lowest BCUT2D eigenvalue weighted by Gasteiger charge is -2.06. The Morgan fingerprint density at radius 1 is 1.57 bits per heavy atom. The molecule has 0 fully saturated rings. The molecule has 0 aromatic heterocycles. The Bertz CT molecular complexity index is 404. The molecule has 0 saturated heterocycles. The van der Waals surface area contributed by atoms with Crippen LogP contribution in [-0.4, -0.2) is 6.61 Å². The topological polar surface area (TPSA) is 45.0 Å². The van der Waals surface area contributed by atoms with Gasteiger partial charge in [-0.3, -0.25) is 10.3 Å². The zero-order valence-corrected chi connectivity index (χ0v) is 7.25. The maximum absolute atomic E-state index is 13.0. The standard InChI is InChI=1S/C10H7FN2O/c1-2-6-14-13-10-5-3-4-9(11)8(10)7-12/h1,3-5,13H,6H2. The molecule has 0 amide bonds. The minimum Gasteiger partial charge on any atom is -0.265 e. The fraction of sp³-hybridized carbons (Fsp3) is 0.100. The van der Waals surface area contributed by atoms with E-state index in [0.29, 0.717) is 0 Å².